The molecule has 0 aliphatic rings. The summed E-state index contributed by atoms with van der Waals surface area (Å²) >= 11 is 6.08. The molecule has 0 radical (unpaired) electrons. The Hall–Kier alpha value is -2.33. The normalized spacial score (nSPS) is 10.8. The summed E-state index contributed by atoms with van der Waals surface area (Å²) in [4.78, 5) is 16.6. The number of halogens is 1. The maximum atomic E-state index is 12.5. The fourth-order valence-corrected chi connectivity index (χ4v) is 2.56. The summed E-state index contributed by atoms with van der Waals surface area (Å²) in [6.07, 6.45) is 1.51. The number of amides is 1. The average Bonchev–Trinajstić information content (AvgIpc) is 2.80. The highest BCUT2D eigenvalue weighted by Crippen LogP contribution is 2.24. The van der Waals surface area contributed by atoms with E-state index < -0.39 is 0 Å². The smallest absolute Gasteiger partial charge is 0.267 e. The number of rotatable bonds is 2. The number of nitrogens with zero attached hydrogens (tertiary/aromatic N) is 2. The van der Waals surface area contributed by atoms with Gasteiger partial charge in [-0.15, -0.1) is 0 Å². The fourth-order valence-electron chi connectivity index (χ4n) is 2.35. The first-order valence-corrected chi connectivity index (χ1v) is 6.95. The molecule has 4 nitrogen and oxygen atoms in total. The maximum Gasteiger partial charge on any atom is 0.272 e. The number of hydrogen-bond acceptors (Lipinski definition) is 2. The highest BCUT2D eigenvalue weighted by molar-refractivity contribution is 6.34. The molecule has 0 saturated heterocycles. The molecule has 0 aliphatic heterocycles. The lowest BCUT2D eigenvalue weighted by Crippen LogP contribution is -2.25. The molecule has 3 aromatic rings. The van der Waals surface area contributed by atoms with Crippen molar-refractivity contribution in [2.45, 2.75) is 13.8 Å². The van der Waals surface area contributed by atoms with Crippen molar-refractivity contribution >= 4 is 28.3 Å². The van der Waals surface area contributed by atoms with Gasteiger partial charge in [0.15, 0.2) is 0 Å². The molecule has 5 heteroatoms. The van der Waals surface area contributed by atoms with Gasteiger partial charge in [0.1, 0.15) is 5.15 Å². The summed E-state index contributed by atoms with van der Waals surface area (Å²) in [6.45, 7) is 3.87. The molecule has 0 atom stereocenters. The minimum atomic E-state index is -0.210. The SMILES string of the molecule is Cc1ccc(C)n1NC(=O)c1cnc(Cl)c2ccccc12. The highest BCUT2D eigenvalue weighted by atomic mass is 35.5. The largest absolute Gasteiger partial charge is 0.272 e. The predicted octanol–water partition coefficient (Wildman–Crippen LogP) is 3.69. The van der Waals surface area contributed by atoms with Crippen molar-refractivity contribution in [3.63, 3.8) is 0 Å². The van der Waals surface area contributed by atoms with Crippen LogP contribution in [0.2, 0.25) is 5.15 Å². The molecule has 0 aliphatic carbocycles. The van der Waals surface area contributed by atoms with E-state index in [2.05, 4.69) is 10.4 Å². The van der Waals surface area contributed by atoms with Crippen LogP contribution in [0.3, 0.4) is 0 Å². The van der Waals surface area contributed by atoms with Crippen LogP contribution < -0.4 is 5.43 Å². The molecule has 21 heavy (non-hydrogen) atoms. The second-order valence-corrected chi connectivity index (χ2v) is 5.26. The molecular formula is C16H14ClN3O. The lowest BCUT2D eigenvalue weighted by Gasteiger charge is -2.12. The zero-order valence-corrected chi connectivity index (χ0v) is 12.5. The molecule has 1 aromatic carbocycles. The maximum absolute atomic E-state index is 12.5. The molecule has 1 N–H and O–H groups in total. The predicted molar refractivity (Wildman–Crippen MR) is 84.4 cm³/mol. The Balaban J connectivity index is 2.05. The summed E-state index contributed by atoms with van der Waals surface area (Å²) in [5.74, 6) is -0.210. The summed E-state index contributed by atoms with van der Waals surface area (Å²) < 4.78 is 1.76. The molecule has 0 spiro atoms. The molecule has 3 rings (SSSR count). The Morgan fingerprint density at radius 1 is 1.10 bits per heavy atom. The second-order valence-electron chi connectivity index (χ2n) is 4.90. The first-order valence-electron chi connectivity index (χ1n) is 6.57. The van der Waals surface area contributed by atoms with Crippen molar-refractivity contribution in [3.05, 3.63) is 64.7 Å². The zero-order chi connectivity index (χ0) is 15.0. The van der Waals surface area contributed by atoms with Crippen molar-refractivity contribution < 1.29 is 4.79 Å². The Labute approximate surface area is 127 Å². The van der Waals surface area contributed by atoms with Crippen LogP contribution in [-0.4, -0.2) is 15.6 Å². The highest BCUT2D eigenvalue weighted by Gasteiger charge is 2.14. The van der Waals surface area contributed by atoms with Gasteiger partial charge in [0.05, 0.1) is 5.56 Å². The second kappa shape index (κ2) is 5.22. The number of hydrogen-bond donors (Lipinski definition) is 1. The molecule has 0 saturated carbocycles. The van der Waals surface area contributed by atoms with Crippen LogP contribution in [0.15, 0.2) is 42.6 Å². The van der Waals surface area contributed by atoms with E-state index in [0.29, 0.717) is 10.7 Å². The molecule has 1 amide bonds. The van der Waals surface area contributed by atoms with E-state index in [1.165, 1.54) is 6.20 Å². The zero-order valence-electron chi connectivity index (χ0n) is 11.7. The molecule has 2 heterocycles. The van der Waals surface area contributed by atoms with E-state index >= 15 is 0 Å². The summed E-state index contributed by atoms with van der Waals surface area (Å²) in [5.41, 5.74) is 5.31. The van der Waals surface area contributed by atoms with Crippen molar-refractivity contribution in [3.8, 4) is 0 Å². The van der Waals surface area contributed by atoms with E-state index in [4.69, 9.17) is 11.6 Å². The average molecular weight is 300 g/mol. The van der Waals surface area contributed by atoms with Crippen LogP contribution >= 0.6 is 11.6 Å². The fraction of sp³-hybridized carbons (Fsp3) is 0.125. The number of aryl methyl sites for hydroxylation is 2. The standard InChI is InChI=1S/C16H14ClN3O/c1-10-7-8-11(2)20(10)19-16(21)14-9-18-15(17)13-6-4-3-5-12(13)14/h3-9H,1-2H3,(H,19,21). The number of carbonyl (C=O) groups is 1. The summed E-state index contributed by atoms with van der Waals surface area (Å²) in [6, 6.07) is 11.4. The van der Waals surface area contributed by atoms with Crippen LogP contribution in [-0.2, 0) is 0 Å². The molecular weight excluding hydrogens is 286 g/mol. The third-order valence-corrected chi connectivity index (χ3v) is 3.78. The lowest BCUT2D eigenvalue weighted by molar-refractivity contribution is 0.101. The number of pyridine rings is 1. The minimum Gasteiger partial charge on any atom is -0.267 e. The van der Waals surface area contributed by atoms with Crippen LogP contribution in [0, 0.1) is 13.8 Å². The van der Waals surface area contributed by atoms with Crippen LogP contribution in [0.1, 0.15) is 21.7 Å². The van der Waals surface area contributed by atoms with Crippen molar-refractivity contribution in [1.82, 2.24) is 9.66 Å². The molecule has 0 fully saturated rings. The van der Waals surface area contributed by atoms with Crippen molar-refractivity contribution in [2.24, 2.45) is 0 Å². The molecule has 0 bridgehead atoms. The van der Waals surface area contributed by atoms with Gasteiger partial charge in [0, 0.05) is 23.0 Å². The van der Waals surface area contributed by atoms with E-state index in [1.54, 1.807) is 4.68 Å². The van der Waals surface area contributed by atoms with Gasteiger partial charge >= 0.3 is 0 Å². The van der Waals surface area contributed by atoms with Gasteiger partial charge in [0.2, 0.25) is 0 Å². The Kier molecular flexibility index (Phi) is 3.39. The summed E-state index contributed by atoms with van der Waals surface area (Å²) in [7, 11) is 0. The number of carbonyl (C=O) groups excluding carboxylic acids is 1. The first kappa shape index (κ1) is 13.6. The van der Waals surface area contributed by atoms with Gasteiger partial charge in [-0.25, -0.2) is 4.98 Å². The van der Waals surface area contributed by atoms with Crippen molar-refractivity contribution in [2.75, 3.05) is 5.43 Å². The third-order valence-electron chi connectivity index (χ3n) is 3.48. The van der Waals surface area contributed by atoms with Crippen LogP contribution in [0.5, 0.6) is 0 Å². The van der Waals surface area contributed by atoms with E-state index in [9.17, 15) is 4.79 Å². The van der Waals surface area contributed by atoms with Gasteiger partial charge in [0.25, 0.3) is 5.91 Å². The topological polar surface area (TPSA) is 46.9 Å². The van der Waals surface area contributed by atoms with Gasteiger partial charge < -0.3 is 0 Å². The lowest BCUT2D eigenvalue weighted by atomic mass is 10.1. The quantitative estimate of drug-likeness (QED) is 0.734. The van der Waals surface area contributed by atoms with E-state index in [1.807, 2.05) is 50.2 Å². The van der Waals surface area contributed by atoms with E-state index in [0.717, 1.165) is 22.2 Å². The van der Waals surface area contributed by atoms with Crippen LogP contribution in [0.4, 0.5) is 0 Å². The van der Waals surface area contributed by atoms with Gasteiger partial charge in [-0.05, 0) is 31.4 Å². The van der Waals surface area contributed by atoms with Gasteiger partial charge in [-0.2, -0.15) is 0 Å². The Morgan fingerprint density at radius 3 is 2.38 bits per heavy atom. The Bertz CT molecular complexity index is 819. The van der Waals surface area contributed by atoms with Gasteiger partial charge in [-0.1, -0.05) is 35.9 Å². The summed E-state index contributed by atoms with van der Waals surface area (Å²) in [5, 5.41) is 1.96. The number of benzene rings is 1. The molecule has 0 unspecified atom stereocenters. The number of nitrogens with one attached hydrogen (secondary N) is 1. The van der Waals surface area contributed by atoms with Gasteiger partial charge in [-0.3, -0.25) is 14.9 Å². The van der Waals surface area contributed by atoms with Crippen molar-refractivity contribution in [1.29, 1.82) is 0 Å². The van der Waals surface area contributed by atoms with Crippen LogP contribution in [0.25, 0.3) is 10.8 Å². The van der Waals surface area contributed by atoms with E-state index in [-0.39, 0.29) is 5.91 Å². The monoisotopic (exact) mass is 299 g/mol. The number of aromatic nitrogens is 2. The third kappa shape index (κ3) is 2.38. The minimum absolute atomic E-state index is 0.210. The molecule has 2 aromatic heterocycles. The molecule has 106 valence electrons. The number of fused-ring (bicyclic) bond motifs is 1. The first-order chi connectivity index (χ1) is 10.1. The Morgan fingerprint density at radius 2 is 1.71 bits per heavy atom.